The summed E-state index contributed by atoms with van der Waals surface area (Å²) in [4.78, 5) is 4.28. The largest absolute Gasteiger partial charge is 0.292 e. The van der Waals surface area contributed by atoms with Crippen molar-refractivity contribution >= 4 is 11.8 Å². The fraction of sp³-hybridized carbons (Fsp3) is 0.400. The lowest BCUT2D eigenvalue weighted by molar-refractivity contribution is 1.00. The Morgan fingerprint density at radius 3 is 2.31 bits per heavy atom. The van der Waals surface area contributed by atoms with Gasteiger partial charge in [0.05, 0.1) is 0 Å². The summed E-state index contributed by atoms with van der Waals surface area (Å²) in [6.07, 6.45) is 6.41. The number of dihydropyridines is 1. The number of aliphatic imine (C=N–C) groups is 1. The minimum atomic E-state index is 0.941. The molecule has 0 atom stereocenters. The number of hydrogen-bond acceptors (Lipinski definition) is 1. The third kappa shape index (κ3) is 3.34. The van der Waals surface area contributed by atoms with Gasteiger partial charge in [0.25, 0.3) is 0 Å². The second kappa shape index (κ2) is 7.00. The third-order valence-electron chi connectivity index (χ3n) is 2.55. The van der Waals surface area contributed by atoms with Gasteiger partial charge < -0.3 is 0 Å². The van der Waals surface area contributed by atoms with Crippen LogP contribution in [0, 0.1) is 0 Å². The summed E-state index contributed by atoms with van der Waals surface area (Å²) in [6, 6.07) is 8.75. The molecule has 0 saturated heterocycles. The number of nitrogens with zero attached hydrogens (tertiary/aromatic N) is 1. The first kappa shape index (κ1) is 12.7. The van der Waals surface area contributed by atoms with Crippen molar-refractivity contribution < 1.29 is 0 Å². The fourth-order valence-electron chi connectivity index (χ4n) is 1.64. The van der Waals surface area contributed by atoms with Crippen LogP contribution in [0.15, 0.2) is 35.3 Å². The number of allylic oxidation sites excluding steroid dienone is 1. The Labute approximate surface area is 98.9 Å². The average molecular weight is 215 g/mol. The molecule has 0 bridgehead atoms. The second-order valence-electron chi connectivity index (χ2n) is 3.53. The van der Waals surface area contributed by atoms with Crippen LogP contribution >= 0.6 is 0 Å². The van der Waals surface area contributed by atoms with Crippen molar-refractivity contribution in [3.8, 4) is 0 Å². The number of rotatable bonds is 2. The molecular weight excluding hydrogens is 194 g/mol. The van der Waals surface area contributed by atoms with Crippen molar-refractivity contribution in [3.05, 3.63) is 41.5 Å². The molecule has 16 heavy (non-hydrogen) atoms. The molecule has 0 aliphatic carbocycles. The van der Waals surface area contributed by atoms with Crippen LogP contribution in [0.4, 0.5) is 0 Å². The van der Waals surface area contributed by atoms with E-state index in [1.807, 2.05) is 20.1 Å². The van der Waals surface area contributed by atoms with Crippen LogP contribution in [0.3, 0.4) is 0 Å². The highest BCUT2D eigenvalue weighted by atomic mass is 14.7. The van der Waals surface area contributed by atoms with Gasteiger partial charge >= 0.3 is 0 Å². The van der Waals surface area contributed by atoms with E-state index in [1.165, 1.54) is 16.7 Å². The standard InChI is InChI=1S/C13H15N.C2H6/c1-2-11-5-7-12(8-6-11)13-4-3-9-14-10-13;1-2/h4-8,10H,2-3,9H2,1H3;1-2H3. The molecule has 0 N–H and O–H groups in total. The summed E-state index contributed by atoms with van der Waals surface area (Å²) in [5.74, 6) is 0. The zero-order valence-corrected chi connectivity index (χ0v) is 10.5. The molecule has 0 aromatic heterocycles. The number of aryl methyl sites for hydroxylation is 1. The van der Waals surface area contributed by atoms with Crippen molar-refractivity contribution in [2.24, 2.45) is 4.99 Å². The van der Waals surface area contributed by atoms with Gasteiger partial charge in [-0.05, 0) is 29.5 Å². The third-order valence-corrected chi connectivity index (χ3v) is 2.55. The molecule has 2 rings (SSSR count). The Balaban J connectivity index is 0.000000606. The molecule has 0 saturated carbocycles. The first-order valence-electron chi connectivity index (χ1n) is 6.19. The van der Waals surface area contributed by atoms with E-state index in [1.54, 1.807) is 0 Å². The van der Waals surface area contributed by atoms with Gasteiger partial charge in [-0.25, -0.2) is 0 Å². The smallest absolute Gasteiger partial charge is 0.0424 e. The van der Waals surface area contributed by atoms with Crippen LogP contribution in [0.1, 0.15) is 38.3 Å². The normalized spacial score (nSPS) is 13.8. The lowest BCUT2D eigenvalue weighted by atomic mass is 10.0. The lowest BCUT2D eigenvalue weighted by Crippen LogP contribution is -1.94. The second-order valence-corrected chi connectivity index (χ2v) is 3.53. The van der Waals surface area contributed by atoms with Gasteiger partial charge in [-0.3, -0.25) is 4.99 Å². The van der Waals surface area contributed by atoms with Gasteiger partial charge in [0.15, 0.2) is 0 Å². The Morgan fingerprint density at radius 2 is 1.81 bits per heavy atom. The lowest BCUT2D eigenvalue weighted by Gasteiger charge is -2.07. The van der Waals surface area contributed by atoms with E-state index < -0.39 is 0 Å². The van der Waals surface area contributed by atoms with Crippen LogP contribution in [0.2, 0.25) is 0 Å². The molecule has 0 fully saturated rings. The van der Waals surface area contributed by atoms with Gasteiger partial charge in [-0.2, -0.15) is 0 Å². The van der Waals surface area contributed by atoms with E-state index in [9.17, 15) is 0 Å². The molecule has 0 radical (unpaired) electrons. The first-order chi connectivity index (χ1) is 7.90. The Kier molecular flexibility index (Phi) is 5.55. The summed E-state index contributed by atoms with van der Waals surface area (Å²) in [5, 5.41) is 0. The molecule has 0 unspecified atom stereocenters. The van der Waals surface area contributed by atoms with E-state index in [2.05, 4.69) is 42.3 Å². The molecule has 1 aliphatic heterocycles. The predicted molar refractivity (Wildman–Crippen MR) is 73.1 cm³/mol. The van der Waals surface area contributed by atoms with Crippen molar-refractivity contribution in [3.63, 3.8) is 0 Å². The highest BCUT2D eigenvalue weighted by molar-refractivity contribution is 6.10. The summed E-state index contributed by atoms with van der Waals surface area (Å²) in [7, 11) is 0. The number of hydrogen-bond donors (Lipinski definition) is 0. The average Bonchev–Trinajstić information content (AvgIpc) is 2.42. The number of benzene rings is 1. The zero-order valence-electron chi connectivity index (χ0n) is 10.5. The maximum atomic E-state index is 4.28. The predicted octanol–water partition coefficient (Wildman–Crippen LogP) is 4.13. The molecule has 1 aromatic rings. The van der Waals surface area contributed by atoms with E-state index in [0.29, 0.717) is 0 Å². The Bertz CT molecular complexity index is 358. The van der Waals surface area contributed by atoms with Gasteiger partial charge in [0.2, 0.25) is 0 Å². The maximum absolute atomic E-state index is 4.28. The van der Waals surface area contributed by atoms with Gasteiger partial charge in [0, 0.05) is 12.8 Å². The van der Waals surface area contributed by atoms with Crippen LogP contribution < -0.4 is 0 Å². The van der Waals surface area contributed by atoms with Crippen LogP contribution in [0.25, 0.3) is 5.57 Å². The van der Waals surface area contributed by atoms with E-state index >= 15 is 0 Å². The minimum absolute atomic E-state index is 0.941. The van der Waals surface area contributed by atoms with Gasteiger partial charge in [-0.1, -0.05) is 51.1 Å². The molecule has 1 heteroatoms. The monoisotopic (exact) mass is 215 g/mol. The van der Waals surface area contributed by atoms with Crippen molar-refractivity contribution in [2.45, 2.75) is 33.6 Å². The molecule has 1 aliphatic rings. The zero-order chi connectivity index (χ0) is 11.8. The minimum Gasteiger partial charge on any atom is -0.292 e. The van der Waals surface area contributed by atoms with E-state index in [0.717, 1.165) is 19.4 Å². The summed E-state index contributed by atoms with van der Waals surface area (Å²) >= 11 is 0. The van der Waals surface area contributed by atoms with E-state index in [-0.39, 0.29) is 0 Å². The van der Waals surface area contributed by atoms with Crippen molar-refractivity contribution in [2.75, 3.05) is 6.54 Å². The molecule has 1 aromatic carbocycles. The van der Waals surface area contributed by atoms with Crippen LogP contribution in [-0.2, 0) is 6.42 Å². The van der Waals surface area contributed by atoms with Crippen LogP contribution in [0.5, 0.6) is 0 Å². The molecule has 1 heterocycles. The Hall–Kier alpha value is -1.37. The topological polar surface area (TPSA) is 12.4 Å². The van der Waals surface area contributed by atoms with Gasteiger partial charge in [0.1, 0.15) is 0 Å². The van der Waals surface area contributed by atoms with Gasteiger partial charge in [-0.15, -0.1) is 0 Å². The van der Waals surface area contributed by atoms with Crippen molar-refractivity contribution in [1.29, 1.82) is 0 Å². The SMILES string of the molecule is CC.CCc1ccc(C2=CCCN=C2)cc1. The molecule has 0 amide bonds. The molecule has 1 nitrogen and oxygen atoms in total. The highest BCUT2D eigenvalue weighted by Crippen LogP contribution is 2.16. The summed E-state index contributed by atoms with van der Waals surface area (Å²) < 4.78 is 0. The maximum Gasteiger partial charge on any atom is 0.0424 e. The summed E-state index contributed by atoms with van der Waals surface area (Å²) in [5.41, 5.74) is 3.94. The molecule has 86 valence electrons. The molecular formula is C15H21N. The van der Waals surface area contributed by atoms with Crippen molar-refractivity contribution in [1.82, 2.24) is 0 Å². The summed E-state index contributed by atoms with van der Waals surface area (Å²) in [6.45, 7) is 7.12. The highest BCUT2D eigenvalue weighted by Gasteiger charge is 2.01. The van der Waals surface area contributed by atoms with Crippen LogP contribution in [-0.4, -0.2) is 12.8 Å². The van der Waals surface area contributed by atoms with E-state index in [4.69, 9.17) is 0 Å². The quantitative estimate of drug-likeness (QED) is 0.703. The fourth-order valence-corrected chi connectivity index (χ4v) is 1.64. The molecule has 0 spiro atoms. The first-order valence-corrected chi connectivity index (χ1v) is 6.19. The Morgan fingerprint density at radius 1 is 1.12 bits per heavy atom.